The summed E-state index contributed by atoms with van der Waals surface area (Å²) in [6.45, 7) is 0.339. The molecule has 27 heavy (non-hydrogen) atoms. The van der Waals surface area contributed by atoms with Crippen molar-refractivity contribution < 1.29 is 14.3 Å². The van der Waals surface area contributed by atoms with E-state index in [1.165, 1.54) is 16.7 Å². The Morgan fingerprint density at radius 3 is 2.67 bits per heavy atom. The number of benzene rings is 2. The van der Waals surface area contributed by atoms with Gasteiger partial charge < -0.3 is 9.47 Å². The summed E-state index contributed by atoms with van der Waals surface area (Å²) in [6.07, 6.45) is 1.82. The van der Waals surface area contributed by atoms with Crippen LogP contribution in [0.2, 0.25) is 5.02 Å². The number of ether oxygens (including phenoxy) is 2. The molecular formula is C20H19ClN2O3S. The number of carbonyl (C=O) groups excluding carboxylic acids is 1. The van der Waals surface area contributed by atoms with Gasteiger partial charge in [-0.1, -0.05) is 35.9 Å². The molecular weight excluding hydrogens is 384 g/mol. The second kappa shape index (κ2) is 8.50. The van der Waals surface area contributed by atoms with Crippen molar-refractivity contribution >= 4 is 40.5 Å². The van der Waals surface area contributed by atoms with E-state index in [9.17, 15) is 4.79 Å². The average molecular weight is 403 g/mol. The van der Waals surface area contributed by atoms with Crippen LogP contribution in [0, 0.1) is 0 Å². The molecule has 1 amide bonds. The van der Waals surface area contributed by atoms with E-state index in [4.69, 9.17) is 21.1 Å². The van der Waals surface area contributed by atoms with Crippen LogP contribution < -0.4 is 9.47 Å². The van der Waals surface area contributed by atoms with Crippen LogP contribution in [0.4, 0.5) is 0 Å². The summed E-state index contributed by atoms with van der Waals surface area (Å²) in [5.74, 6) is 1.13. The van der Waals surface area contributed by atoms with Gasteiger partial charge >= 0.3 is 0 Å². The Bertz CT molecular complexity index is 927. The Kier molecular flexibility index (Phi) is 6.08. The third-order valence-electron chi connectivity index (χ3n) is 4.02. The number of rotatable bonds is 5. The molecule has 140 valence electrons. The maximum atomic E-state index is 12.3. The molecule has 1 saturated heterocycles. The molecule has 0 atom stereocenters. The second-order valence-corrected chi connectivity index (χ2v) is 7.19. The molecule has 1 aliphatic rings. The fourth-order valence-corrected chi connectivity index (χ4v) is 3.68. The Balaban J connectivity index is 1.80. The molecule has 7 heteroatoms. The lowest BCUT2D eigenvalue weighted by Gasteiger charge is -2.12. The first-order valence-electron chi connectivity index (χ1n) is 8.22. The van der Waals surface area contributed by atoms with Crippen LogP contribution in [-0.4, -0.2) is 37.2 Å². The minimum Gasteiger partial charge on any atom is -0.493 e. The summed E-state index contributed by atoms with van der Waals surface area (Å²) < 4.78 is 11.3. The number of methoxy groups -OCH3 is 1. The SMILES string of the molecule is CN=C1S/C(=C/c2ccc(OCc3ccccc3Cl)c(OC)c2)C(=O)N1C. The number of hydrogen-bond acceptors (Lipinski definition) is 5. The highest BCUT2D eigenvalue weighted by molar-refractivity contribution is 8.18. The van der Waals surface area contributed by atoms with Gasteiger partial charge in [-0.15, -0.1) is 0 Å². The molecule has 2 aromatic rings. The van der Waals surface area contributed by atoms with Crippen LogP contribution in [0.5, 0.6) is 11.5 Å². The zero-order valence-corrected chi connectivity index (χ0v) is 16.8. The molecule has 1 aliphatic heterocycles. The van der Waals surface area contributed by atoms with E-state index in [-0.39, 0.29) is 5.91 Å². The van der Waals surface area contributed by atoms with E-state index in [2.05, 4.69) is 4.99 Å². The summed E-state index contributed by atoms with van der Waals surface area (Å²) in [6, 6.07) is 13.1. The Morgan fingerprint density at radius 1 is 1.22 bits per heavy atom. The molecule has 0 saturated carbocycles. The van der Waals surface area contributed by atoms with Crippen molar-refractivity contribution in [3.05, 3.63) is 63.5 Å². The maximum Gasteiger partial charge on any atom is 0.266 e. The van der Waals surface area contributed by atoms with Crippen LogP contribution in [0.25, 0.3) is 6.08 Å². The zero-order chi connectivity index (χ0) is 19.4. The number of nitrogens with zero attached hydrogens (tertiary/aromatic N) is 2. The molecule has 0 aromatic heterocycles. The van der Waals surface area contributed by atoms with Gasteiger partial charge in [0.2, 0.25) is 0 Å². The first-order chi connectivity index (χ1) is 13.0. The minimum absolute atomic E-state index is 0.0707. The fourth-order valence-electron chi connectivity index (χ4n) is 2.56. The summed E-state index contributed by atoms with van der Waals surface area (Å²) in [5, 5.41) is 1.34. The van der Waals surface area contributed by atoms with Gasteiger partial charge in [0.15, 0.2) is 16.7 Å². The van der Waals surface area contributed by atoms with Gasteiger partial charge in [0, 0.05) is 24.7 Å². The maximum absolute atomic E-state index is 12.3. The zero-order valence-electron chi connectivity index (χ0n) is 15.2. The van der Waals surface area contributed by atoms with Crippen molar-refractivity contribution in [2.24, 2.45) is 4.99 Å². The average Bonchev–Trinajstić information content (AvgIpc) is 2.95. The van der Waals surface area contributed by atoms with Crippen molar-refractivity contribution in [1.29, 1.82) is 0 Å². The topological polar surface area (TPSA) is 51.1 Å². The van der Waals surface area contributed by atoms with Crippen molar-refractivity contribution in [3.63, 3.8) is 0 Å². The Hall–Kier alpha value is -2.44. The molecule has 2 aromatic carbocycles. The first kappa shape index (κ1) is 19.3. The van der Waals surface area contributed by atoms with E-state index in [1.807, 2.05) is 48.5 Å². The number of likely N-dealkylation sites (N-methyl/N-ethyl adjacent to an activating group) is 1. The summed E-state index contributed by atoms with van der Waals surface area (Å²) >= 11 is 7.52. The number of aliphatic imine (C=N–C) groups is 1. The standard InChI is InChI=1S/C20H19ClN2O3S/c1-22-20-23(2)19(24)18(27-20)11-13-8-9-16(17(10-13)25-3)26-12-14-6-4-5-7-15(14)21/h4-11H,12H2,1-3H3/b18-11+,22-20?. The number of hydrogen-bond donors (Lipinski definition) is 0. The minimum atomic E-state index is -0.0707. The lowest BCUT2D eigenvalue weighted by atomic mass is 10.2. The van der Waals surface area contributed by atoms with E-state index < -0.39 is 0 Å². The second-order valence-electron chi connectivity index (χ2n) is 5.77. The highest BCUT2D eigenvalue weighted by Crippen LogP contribution is 2.34. The Labute approximate surface area is 167 Å². The van der Waals surface area contributed by atoms with E-state index in [1.54, 1.807) is 21.2 Å². The fraction of sp³-hybridized carbons (Fsp3) is 0.200. The van der Waals surface area contributed by atoms with Crippen LogP contribution >= 0.6 is 23.4 Å². The predicted octanol–water partition coefficient (Wildman–Crippen LogP) is 4.46. The highest BCUT2D eigenvalue weighted by atomic mass is 35.5. The van der Waals surface area contributed by atoms with Gasteiger partial charge in [-0.3, -0.25) is 14.7 Å². The number of amides is 1. The third-order valence-corrected chi connectivity index (χ3v) is 5.54. The number of thioether (sulfide) groups is 1. The molecule has 0 bridgehead atoms. The molecule has 0 N–H and O–H groups in total. The van der Waals surface area contributed by atoms with Crippen molar-refractivity contribution in [2.75, 3.05) is 21.2 Å². The van der Waals surface area contributed by atoms with E-state index >= 15 is 0 Å². The number of amidine groups is 1. The largest absolute Gasteiger partial charge is 0.493 e. The normalized spacial score (nSPS) is 17.0. The van der Waals surface area contributed by atoms with Gasteiger partial charge in [-0.2, -0.15) is 0 Å². The summed E-state index contributed by atoms with van der Waals surface area (Å²) in [4.78, 5) is 18.5. The number of carbonyl (C=O) groups is 1. The molecule has 0 radical (unpaired) electrons. The highest BCUT2D eigenvalue weighted by Gasteiger charge is 2.29. The van der Waals surface area contributed by atoms with Crippen molar-refractivity contribution in [3.8, 4) is 11.5 Å². The van der Waals surface area contributed by atoms with Crippen molar-refractivity contribution in [2.45, 2.75) is 6.61 Å². The van der Waals surface area contributed by atoms with Gasteiger partial charge in [0.25, 0.3) is 5.91 Å². The van der Waals surface area contributed by atoms with Gasteiger partial charge in [0.1, 0.15) is 6.61 Å². The molecule has 0 spiro atoms. The van der Waals surface area contributed by atoms with Crippen LogP contribution in [0.3, 0.4) is 0 Å². The third kappa shape index (κ3) is 4.28. The molecule has 3 rings (SSSR count). The van der Waals surface area contributed by atoms with Crippen LogP contribution in [0.15, 0.2) is 52.4 Å². The molecule has 0 aliphatic carbocycles. The molecule has 1 heterocycles. The first-order valence-corrected chi connectivity index (χ1v) is 9.41. The predicted molar refractivity (Wildman–Crippen MR) is 110 cm³/mol. The lowest BCUT2D eigenvalue weighted by Crippen LogP contribution is -2.23. The quantitative estimate of drug-likeness (QED) is 0.693. The van der Waals surface area contributed by atoms with Crippen LogP contribution in [-0.2, 0) is 11.4 Å². The van der Waals surface area contributed by atoms with E-state index in [0.29, 0.717) is 33.2 Å². The molecule has 1 fully saturated rings. The van der Waals surface area contributed by atoms with Gasteiger partial charge in [0.05, 0.1) is 12.0 Å². The molecule has 5 nitrogen and oxygen atoms in total. The van der Waals surface area contributed by atoms with Crippen LogP contribution in [0.1, 0.15) is 11.1 Å². The smallest absolute Gasteiger partial charge is 0.266 e. The molecule has 0 unspecified atom stereocenters. The van der Waals surface area contributed by atoms with Crippen molar-refractivity contribution in [1.82, 2.24) is 4.90 Å². The lowest BCUT2D eigenvalue weighted by molar-refractivity contribution is -0.121. The van der Waals surface area contributed by atoms with Gasteiger partial charge in [-0.05, 0) is 41.6 Å². The van der Waals surface area contributed by atoms with E-state index in [0.717, 1.165) is 11.1 Å². The summed E-state index contributed by atoms with van der Waals surface area (Å²) in [5.41, 5.74) is 1.74. The number of halogens is 1. The Morgan fingerprint density at radius 2 is 2.00 bits per heavy atom. The monoisotopic (exact) mass is 402 g/mol. The van der Waals surface area contributed by atoms with Gasteiger partial charge in [-0.25, -0.2) is 0 Å². The summed E-state index contributed by atoms with van der Waals surface area (Å²) in [7, 11) is 4.97.